The van der Waals surface area contributed by atoms with E-state index in [0.29, 0.717) is 0 Å². The van der Waals surface area contributed by atoms with Crippen LogP contribution in [0.3, 0.4) is 0 Å². The van der Waals surface area contributed by atoms with E-state index in [1.165, 1.54) is 14.1 Å². The molecule has 0 aliphatic rings. The molecule has 0 aliphatic heterocycles. The molecule has 0 saturated heterocycles. The lowest BCUT2D eigenvalue weighted by atomic mass is 10.3. The average Bonchev–Trinajstić information content (AvgIpc) is 2.16. The van der Waals surface area contributed by atoms with Crippen molar-refractivity contribution in [1.29, 1.82) is 5.41 Å². The predicted molar refractivity (Wildman–Crippen MR) is 53.0 cm³/mol. The van der Waals surface area contributed by atoms with Gasteiger partial charge in [-0.25, -0.2) is 14.8 Å². The van der Waals surface area contributed by atoms with Gasteiger partial charge < -0.3 is 9.47 Å². The van der Waals surface area contributed by atoms with Crippen molar-refractivity contribution in [2.45, 2.75) is 0 Å². The Morgan fingerprint density at radius 3 is 2.31 bits per heavy atom. The van der Waals surface area contributed by atoms with Gasteiger partial charge in [-0.05, 0) is 0 Å². The van der Waals surface area contributed by atoms with Crippen molar-refractivity contribution < 1.29 is 28.9 Å². The van der Waals surface area contributed by atoms with Gasteiger partial charge in [0.15, 0.2) is 0 Å². The third-order valence-corrected chi connectivity index (χ3v) is 1.59. The first-order valence-corrected chi connectivity index (χ1v) is 4.42. The number of rotatable bonds is 5. The van der Waals surface area contributed by atoms with Gasteiger partial charge in [0, 0.05) is 5.87 Å². The Balaban J connectivity index is 4.26. The first-order valence-electron chi connectivity index (χ1n) is 4.42. The largest absolute Gasteiger partial charge is 0.465 e. The maximum Gasteiger partial charge on any atom is 0.355 e. The van der Waals surface area contributed by atoms with Gasteiger partial charge in [-0.1, -0.05) is 0 Å². The summed E-state index contributed by atoms with van der Waals surface area (Å²) in [5.41, 5.74) is -0.606. The SMILES string of the molecule is COC(=O)C(=C=N)C(=O)OCC[N+](C)(C)O. The fourth-order valence-corrected chi connectivity index (χ4v) is 0.721. The molecule has 7 nitrogen and oxygen atoms in total. The molecule has 0 saturated carbocycles. The van der Waals surface area contributed by atoms with Crippen LogP contribution in [0.25, 0.3) is 0 Å². The van der Waals surface area contributed by atoms with Crippen LogP contribution < -0.4 is 0 Å². The Labute approximate surface area is 92.9 Å². The number of nitrogens with one attached hydrogen (secondary N) is 1. The number of carbonyl (C=O) groups is 2. The van der Waals surface area contributed by atoms with Crippen molar-refractivity contribution in [3.8, 4) is 0 Å². The van der Waals surface area contributed by atoms with Gasteiger partial charge in [-0.15, -0.1) is 0 Å². The smallest absolute Gasteiger partial charge is 0.355 e. The van der Waals surface area contributed by atoms with Gasteiger partial charge in [0.1, 0.15) is 13.2 Å². The Bertz CT molecular complexity index is 325. The van der Waals surface area contributed by atoms with Crippen LogP contribution in [-0.2, 0) is 19.1 Å². The second kappa shape index (κ2) is 6.02. The zero-order valence-corrected chi connectivity index (χ0v) is 9.44. The summed E-state index contributed by atoms with van der Waals surface area (Å²) in [5.74, 6) is -0.315. The molecule has 0 aliphatic carbocycles. The summed E-state index contributed by atoms with van der Waals surface area (Å²) in [6, 6.07) is 0. The van der Waals surface area contributed by atoms with E-state index < -0.39 is 17.5 Å². The van der Waals surface area contributed by atoms with Gasteiger partial charge >= 0.3 is 11.9 Å². The van der Waals surface area contributed by atoms with Gasteiger partial charge in [-0.3, -0.25) is 5.41 Å². The summed E-state index contributed by atoms with van der Waals surface area (Å²) in [7, 11) is 4.09. The number of carbonyl (C=O) groups excluding carboxylic acids is 2. The lowest BCUT2D eigenvalue weighted by Crippen LogP contribution is -2.39. The molecule has 0 bridgehead atoms. The number of quaternary nitrogens is 1. The molecular formula is C9H15N2O5+. The first kappa shape index (κ1) is 14.3. The lowest BCUT2D eigenvalue weighted by Gasteiger charge is -2.18. The summed E-state index contributed by atoms with van der Waals surface area (Å²) < 4.78 is 8.55. The fraction of sp³-hybridized carbons (Fsp3) is 0.556. The number of ether oxygens (including phenoxy) is 2. The van der Waals surface area contributed by atoms with Crippen LogP contribution in [0, 0.1) is 5.41 Å². The van der Waals surface area contributed by atoms with Gasteiger partial charge in [0.2, 0.25) is 5.57 Å². The molecule has 16 heavy (non-hydrogen) atoms. The van der Waals surface area contributed by atoms with E-state index in [9.17, 15) is 14.8 Å². The molecule has 0 unspecified atom stereocenters. The molecule has 0 spiro atoms. The highest BCUT2D eigenvalue weighted by Crippen LogP contribution is 1.98. The standard InChI is InChI=1S/C9H15N2O5/c1-11(2,14)4-5-16-9(13)7(6-10)8(12)15-3/h10,14H,4-5H2,1-3H3/q+1. The van der Waals surface area contributed by atoms with E-state index in [-0.39, 0.29) is 17.8 Å². The maximum atomic E-state index is 11.2. The van der Waals surface area contributed by atoms with E-state index in [1.54, 1.807) is 5.87 Å². The summed E-state index contributed by atoms with van der Waals surface area (Å²) in [6.07, 6.45) is 0. The number of nitrogens with zero attached hydrogens (tertiary/aromatic N) is 1. The van der Waals surface area contributed by atoms with Crippen molar-refractivity contribution in [1.82, 2.24) is 0 Å². The van der Waals surface area contributed by atoms with Crippen molar-refractivity contribution in [2.75, 3.05) is 34.4 Å². The average molecular weight is 231 g/mol. The minimum absolute atomic E-state index is 0.0789. The molecule has 0 aromatic carbocycles. The third-order valence-electron chi connectivity index (χ3n) is 1.59. The number of hydrogen-bond acceptors (Lipinski definition) is 6. The number of hydroxylamine groups is 3. The number of esters is 2. The minimum Gasteiger partial charge on any atom is -0.465 e. The Morgan fingerprint density at radius 1 is 1.38 bits per heavy atom. The van der Waals surface area contributed by atoms with Crippen LogP contribution in [0.5, 0.6) is 0 Å². The number of likely N-dealkylation sites (N-methyl/N-ethyl adjacent to an activating group) is 1. The normalized spacial score (nSPS) is 10.2. The highest BCUT2D eigenvalue weighted by atomic mass is 16.6. The second-order valence-electron chi connectivity index (χ2n) is 3.47. The molecule has 90 valence electrons. The maximum absolute atomic E-state index is 11.2. The zero-order chi connectivity index (χ0) is 12.8. The third kappa shape index (κ3) is 5.26. The second-order valence-corrected chi connectivity index (χ2v) is 3.47. The van der Waals surface area contributed by atoms with Gasteiger partial charge in [-0.2, -0.15) is 4.65 Å². The van der Waals surface area contributed by atoms with Crippen molar-refractivity contribution >= 4 is 17.8 Å². The molecule has 0 fully saturated rings. The van der Waals surface area contributed by atoms with E-state index in [1.807, 2.05) is 0 Å². The first-order chi connectivity index (χ1) is 7.31. The molecule has 0 rings (SSSR count). The molecule has 0 aromatic rings. The van der Waals surface area contributed by atoms with Crippen LogP contribution in [0.1, 0.15) is 0 Å². The van der Waals surface area contributed by atoms with Gasteiger partial charge in [0.25, 0.3) is 0 Å². The number of methoxy groups -OCH3 is 1. The summed E-state index contributed by atoms with van der Waals surface area (Å²) in [6.45, 7) is 0.0860. The molecule has 0 heterocycles. The highest BCUT2D eigenvalue weighted by molar-refractivity contribution is 6.20. The molecule has 0 atom stereocenters. The van der Waals surface area contributed by atoms with Crippen molar-refractivity contribution in [3.63, 3.8) is 0 Å². The monoisotopic (exact) mass is 231 g/mol. The van der Waals surface area contributed by atoms with E-state index in [0.717, 1.165) is 7.11 Å². The van der Waals surface area contributed by atoms with E-state index in [2.05, 4.69) is 9.47 Å². The molecular weight excluding hydrogens is 216 g/mol. The van der Waals surface area contributed by atoms with E-state index in [4.69, 9.17) is 5.41 Å². The van der Waals surface area contributed by atoms with Crippen LogP contribution in [0.2, 0.25) is 0 Å². The molecule has 7 heteroatoms. The summed E-state index contributed by atoms with van der Waals surface area (Å²) in [4.78, 5) is 22.2. The Hall–Kier alpha value is -1.69. The molecule has 0 aromatic heterocycles. The van der Waals surface area contributed by atoms with Gasteiger partial charge in [0.05, 0.1) is 21.2 Å². The quantitative estimate of drug-likeness (QED) is 0.124. The van der Waals surface area contributed by atoms with Crippen molar-refractivity contribution in [3.05, 3.63) is 5.57 Å². The predicted octanol–water partition coefficient (Wildman–Crippen LogP) is -0.657. The summed E-state index contributed by atoms with van der Waals surface area (Å²) in [5, 5.41) is 16.0. The molecule has 0 radical (unpaired) electrons. The molecule has 2 N–H and O–H groups in total. The van der Waals surface area contributed by atoms with Crippen LogP contribution >= 0.6 is 0 Å². The lowest BCUT2D eigenvalue weighted by molar-refractivity contribution is -1.07. The Kier molecular flexibility index (Phi) is 5.38. The summed E-state index contributed by atoms with van der Waals surface area (Å²) >= 11 is 0. The Morgan fingerprint density at radius 2 is 1.94 bits per heavy atom. The molecule has 0 amide bonds. The van der Waals surface area contributed by atoms with Crippen LogP contribution in [0.15, 0.2) is 5.57 Å². The van der Waals surface area contributed by atoms with E-state index >= 15 is 0 Å². The topological polar surface area (TPSA) is 96.7 Å². The minimum atomic E-state index is -0.990. The van der Waals surface area contributed by atoms with Crippen LogP contribution in [0.4, 0.5) is 0 Å². The number of hydrogen-bond donors (Lipinski definition) is 2. The van der Waals surface area contributed by atoms with Crippen LogP contribution in [-0.4, -0.2) is 62.0 Å². The fourth-order valence-electron chi connectivity index (χ4n) is 0.721. The highest BCUT2D eigenvalue weighted by Gasteiger charge is 2.22. The zero-order valence-electron chi connectivity index (χ0n) is 9.44. The van der Waals surface area contributed by atoms with Crippen molar-refractivity contribution in [2.24, 2.45) is 0 Å².